The maximum absolute atomic E-state index is 14.5. The number of nitrogens with one attached hydrogen (secondary N) is 1. The smallest absolute Gasteiger partial charge is 0.276 e. The van der Waals surface area contributed by atoms with Crippen LogP contribution in [0.1, 0.15) is 77.5 Å². The number of halogens is 1. The molecule has 35 heavy (non-hydrogen) atoms. The maximum atomic E-state index is 14.5. The Hall–Kier alpha value is -3.27. The van der Waals surface area contributed by atoms with Gasteiger partial charge in [0.1, 0.15) is 5.82 Å². The van der Waals surface area contributed by atoms with E-state index in [1.165, 1.54) is 34.8 Å². The number of aryl methyl sites for hydroxylation is 1. The molecule has 2 amide bonds. The molecule has 1 atom stereocenters. The molecule has 0 bridgehead atoms. The maximum Gasteiger partial charge on any atom is 0.276 e. The number of hydrogen-bond acceptors (Lipinski definition) is 6. The Balaban J connectivity index is 0.00000129. The summed E-state index contributed by atoms with van der Waals surface area (Å²) in [6.45, 7) is 14.8. The van der Waals surface area contributed by atoms with Gasteiger partial charge in [0, 0.05) is 37.6 Å². The van der Waals surface area contributed by atoms with Crippen LogP contribution in [0.3, 0.4) is 0 Å². The van der Waals surface area contributed by atoms with E-state index < -0.39 is 23.2 Å². The van der Waals surface area contributed by atoms with E-state index >= 15 is 0 Å². The lowest BCUT2D eigenvalue weighted by Gasteiger charge is -2.38. The average molecular weight is 493 g/mol. The third kappa shape index (κ3) is 8.47. The third-order valence-electron chi connectivity index (χ3n) is 4.64. The number of nitrogens with two attached hydrogens (primary N) is 1. The molecule has 1 unspecified atom stereocenters. The van der Waals surface area contributed by atoms with E-state index in [0.29, 0.717) is 5.69 Å². The van der Waals surface area contributed by atoms with Gasteiger partial charge in [0.05, 0.1) is 11.5 Å². The highest BCUT2D eigenvalue weighted by atomic mass is 19.1. The summed E-state index contributed by atoms with van der Waals surface area (Å²) in [5.41, 5.74) is 5.61. The van der Waals surface area contributed by atoms with Crippen molar-refractivity contribution >= 4 is 23.5 Å². The number of carbonyl (C=O) groups excluding carboxylic acids is 2. The van der Waals surface area contributed by atoms with Gasteiger partial charge >= 0.3 is 0 Å². The molecule has 2 aromatic rings. The van der Waals surface area contributed by atoms with E-state index in [1.54, 1.807) is 47.0 Å². The molecule has 1 aromatic heterocycles. The lowest BCUT2D eigenvalue weighted by Crippen LogP contribution is -2.51. The molecule has 0 fully saturated rings. The first-order valence-corrected chi connectivity index (χ1v) is 11.7. The molecule has 1 aliphatic rings. The Bertz CT molecular complexity index is 998. The van der Waals surface area contributed by atoms with Gasteiger partial charge in [-0.1, -0.05) is 27.7 Å². The van der Waals surface area contributed by atoms with Crippen LogP contribution in [0, 0.1) is 11.2 Å². The van der Waals surface area contributed by atoms with Crippen LogP contribution in [0.5, 0.6) is 0 Å². The Morgan fingerprint density at radius 3 is 2.20 bits per heavy atom. The number of aromatic nitrogens is 2. The highest BCUT2D eigenvalue weighted by molar-refractivity contribution is 6.03. The molecule has 0 aliphatic carbocycles. The van der Waals surface area contributed by atoms with Crippen molar-refractivity contribution in [1.82, 2.24) is 14.7 Å². The number of rotatable bonds is 3. The second-order valence-electron chi connectivity index (χ2n) is 8.13. The number of aliphatic imine (C=N–C) groups is 1. The Labute approximate surface area is 208 Å². The van der Waals surface area contributed by atoms with Crippen LogP contribution in [0.2, 0.25) is 0 Å². The molecule has 1 aromatic carbocycles. The number of anilines is 1. The third-order valence-corrected chi connectivity index (χ3v) is 4.64. The fourth-order valence-electron chi connectivity index (χ4n) is 3.05. The molecule has 4 N–H and O–H groups in total. The standard InChI is InChI=1S/C18H21FN6O2.C3H8O.2C2H6/c1-18(2)14(22-17(20)25(4)16(18)27)11-9-10(5-6-12(11)19)21-15(26)13-7-8-24(3)23-13;1-3(2)4;2*1-2/h5-9,14H,1-4H3,(H2,20,22)(H,21,26);3-4H,1-2H3;2*1-2H3. The molecule has 10 heteroatoms. The van der Waals surface area contributed by atoms with Crippen molar-refractivity contribution < 1.29 is 19.1 Å². The molecule has 196 valence electrons. The Morgan fingerprint density at radius 1 is 1.17 bits per heavy atom. The summed E-state index contributed by atoms with van der Waals surface area (Å²) in [6, 6.07) is 4.90. The predicted molar refractivity (Wildman–Crippen MR) is 139 cm³/mol. The number of nitrogens with zero attached hydrogens (tertiary/aromatic N) is 4. The number of carbonyl (C=O) groups is 2. The fourth-order valence-corrected chi connectivity index (χ4v) is 3.05. The highest BCUT2D eigenvalue weighted by Crippen LogP contribution is 2.42. The van der Waals surface area contributed by atoms with Crippen molar-refractivity contribution in [1.29, 1.82) is 0 Å². The minimum Gasteiger partial charge on any atom is -0.394 e. The van der Waals surface area contributed by atoms with Gasteiger partial charge in [-0.25, -0.2) is 9.38 Å². The zero-order valence-corrected chi connectivity index (χ0v) is 22.5. The van der Waals surface area contributed by atoms with E-state index in [2.05, 4.69) is 15.4 Å². The first-order chi connectivity index (χ1) is 16.3. The first kappa shape index (κ1) is 31.7. The molecule has 0 spiro atoms. The monoisotopic (exact) mass is 492 g/mol. The molecule has 0 radical (unpaired) electrons. The lowest BCUT2D eigenvalue weighted by atomic mass is 9.78. The van der Waals surface area contributed by atoms with E-state index in [1.807, 2.05) is 27.7 Å². The number of guanidine groups is 1. The van der Waals surface area contributed by atoms with Crippen molar-refractivity contribution in [2.45, 2.75) is 67.5 Å². The van der Waals surface area contributed by atoms with Crippen molar-refractivity contribution in [3.8, 4) is 0 Å². The van der Waals surface area contributed by atoms with Crippen molar-refractivity contribution in [3.63, 3.8) is 0 Å². The molecular formula is C25H41FN6O3. The van der Waals surface area contributed by atoms with Crippen molar-refractivity contribution in [3.05, 3.63) is 47.5 Å². The van der Waals surface area contributed by atoms with Crippen molar-refractivity contribution in [2.75, 3.05) is 12.4 Å². The van der Waals surface area contributed by atoms with Crippen LogP contribution in [0.15, 0.2) is 35.5 Å². The zero-order chi connectivity index (χ0) is 27.5. The van der Waals surface area contributed by atoms with E-state index in [4.69, 9.17) is 10.8 Å². The summed E-state index contributed by atoms with van der Waals surface area (Å²) >= 11 is 0. The largest absolute Gasteiger partial charge is 0.394 e. The molecule has 2 heterocycles. The van der Waals surface area contributed by atoms with E-state index in [9.17, 15) is 14.0 Å². The van der Waals surface area contributed by atoms with Gasteiger partial charge in [-0.15, -0.1) is 0 Å². The molecule has 9 nitrogen and oxygen atoms in total. The topological polar surface area (TPSA) is 126 Å². The number of hydrogen-bond donors (Lipinski definition) is 3. The summed E-state index contributed by atoms with van der Waals surface area (Å²) in [4.78, 5) is 30.4. The predicted octanol–water partition coefficient (Wildman–Crippen LogP) is 4.11. The molecule has 1 aliphatic heterocycles. The van der Waals surface area contributed by atoms with Gasteiger partial charge in [0.25, 0.3) is 5.91 Å². The van der Waals surface area contributed by atoms with Gasteiger partial charge in [-0.05, 0) is 52.0 Å². The number of benzene rings is 1. The first-order valence-electron chi connectivity index (χ1n) is 11.7. The van der Waals surface area contributed by atoms with E-state index in [0.717, 1.165) is 0 Å². The second-order valence-corrected chi connectivity index (χ2v) is 8.13. The van der Waals surface area contributed by atoms with Crippen LogP contribution >= 0.6 is 0 Å². The summed E-state index contributed by atoms with van der Waals surface area (Å²) in [7, 11) is 3.23. The fraction of sp³-hybridized carbons (Fsp3) is 0.520. The van der Waals surface area contributed by atoms with Crippen molar-refractivity contribution in [2.24, 2.45) is 23.2 Å². The number of aliphatic hydroxyl groups is 1. The summed E-state index contributed by atoms with van der Waals surface area (Å²) < 4.78 is 16.1. The summed E-state index contributed by atoms with van der Waals surface area (Å²) in [5.74, 6) is -1.19. The zero-order valence-electron chi connectivity index (χ0n) is 22.5. The Morgan fingerprint density at radius 2 is 1.71 bits per heavy atom. The van der Waals surface area contributed by atoms with Crippen LogP contribution in [-0.2, 0) is 11.8 Å². The van der Waals surface area contributed by atoms with Gasteiger partial charge in [-0.2, -0.15) is 5.10 Å². The number of aliphatic hydroxyl groups excluding tert-OH is 1. The van der Waals surface area contributed by atoms with Gasteiger partial charge < -0.3 is 16.2 Å². The molecule has 0 saturated carbocycles. The molecule has 0 saturated heterocycles. The summed E-state index contributed by atoms with van der Waals surface area (Å²) in [6.07, 6.45) is 1.48. The lowest BCUT2D eigenvalue weighted by molar-refractivity contribution is -0.137. The normalized spacial score (nSPS) is 16.0. The average Bonchev–Trinajstić information content (AvgIpc) is 3.25. The Kier molecular flexibility index (Phi) is 12.9. The minimum atomic E-state index is -0.998. The van der Waals surface area contributed by atoms with Crippen LogP contribution < -0.4 is 11.1 Å². The highest BCUT2D eigenvalue weighted by Gasteiger charge is 2.45. The second kappa shape index (κ2) is 14.2. The van der Waals surface area contributed by atoms with Crippen LogP contribution in [-0.4, -0.2) is 50.7 Å². The van der Waals surface area contributed by atoms with Crippen LogP contribution in [0.4, 0.5) is 10.1 Å². The van der Waals surface area contributed by atoms with Crippen LogP contribution in [0.25, 0.3) is 0 Å². The SMILES string of the molecule is CC.CC.CC(C)O.CN1C(=O)C(C)(C)C(c2cc(NC(=O)c3ccn(C)n3)ccc2F)N=C1N. The minimum absolute atomic E-state index is 0.0200. The van der Waals surface area contributed by atoms with Gasteiger partial charge in [0.2, 0.25) is 5.91 Å². The summed E-state index contributed by atoms with van der Waals surface area (Å²) in [5, 5.41) is 14.8. The number of amides is 2. The quantitative estimate of drug-likeness (QED) is 0.595. The van der Waals surface area contributed by atoms with Gasteiger partial charge in [0.15, 0.2) is 11.7 Å². The molecular weight excluding hydrogens is 451 g/mol. The molecule has 3 rings (SSSR count). The van der Waals surface area contributed by atoms with Gasteiger partial charge in [-0.3, -0.25) is 19.2 Å². The van der Waals surface area contributed by atoms with E-state index in [-0.39, 0.29) is 29.2 Å².